The number of nitrogens with zero attached hydrogens (tertiary/aromatic N) is 2. The van der Waals surface area contributed by atoms with E-state index in [9.17, 15) is 9.59 Å². The molecule has 0 unspecified atom stereocenters. The van der Waals surface area contributed by atoms with Gasteiger partial charge >= 0.3 is 0 Å². The third-order valence-corrected chi connectivity index (χ3v) is 6.03. The largest absolute Gasteiger partial charge is 0.484 e. The Hall–Kier alpha value is -4.30. The fourth-order valence-corrected chi connectivity index (χ4v) is 4.10. The molecule has 1 saturated heterocycles. The van der Waals surface area contributed by atoms with Crippen molar-refractivity contribution in [1.29, 1.82) is 0 Å². The molecule has 0 spiro atoms. The number of rotatable bonds is 10. The Morgan fingerprint density at radius 3 is 1.42 bits per heavy atom. The first-order valence-corrected chi connectivity index (χ1v) is 12.4. The van der Waals surface area contributed by atoms with E-state index in [1.165, 1.54) is 0 Å². The van der Waals surface area contributed by atoms with Gasteiger partial charge in [-0.3, -0.25) is 9.59 Å². The SMILES string of the molecule is O=C1N[C@@H](Cc2ccc(OCc3n[nH]c(=S)o3)cc2)C(=O)N[C@H]1Cc1ccc(OCc2n[nH]c(=S)o2)cc1. The molecule has 0 saturated carbocycles. The number of H-pyrrole nitrogens is 2. The zero-order chi connectivity index (χ0) is 26.5. The first kappa shape index (κ1) is 25.4. The van der Waals surface area contributed by atoms with E-state index in [1.54, 1.807) is 24.3 Å². The van der Waals surface area contributed by atoms with Crippen LogP contribution in [0.2, 0.25) is 0 Å². The lowest BCUT2D eigenvalue weighted by Gasteiger charge is -2.29. The summed E-state index contributed by atoms with van der Waals surface area (Å²) in [5.41, 5.74) is 1.74. The molecule has 1 fully saturated rings. The summed E-state index contributed by atoms with van der Waals surface area (Å²) >= 11 is 9.66. The molecule has 2 atom stereocenters. The molecule has 2 aromatic carbocycles. The maximum absolute atomic E-state index is 12.7. The number of hydrogen-bond acceptors (Lipinski definition) is 10. The molecule has 2 aromatic heterocycles. The molecular formula is C24H22N6O6S2. The summed E-state index contributed by atoms with van der Waals surface area (Å²) in [4.78, 5) is 25.8. The van der Waals surface area contributed by atoms with Crippen molar-refractivity contribution in [1.82, 2.24) is 31.0 Å². The molecule has 2 amide bonds. The first-order chi connectivity index (χ1) is 18.4. The van der Waals surface area contributed by atoms with Crippen LogP contribution in [0.3, 0.4) is 0 Å². The Labute approximate surface area is 225 Å². The van der Waals surface area contributed by atoms with E-state index in [0.29, 0.717) is 36.1 Å². The molecule has 4 N–H and O–H groups in total. The lowest BCUT2D eigenvalue weighted by molar-refractivity contribution is -0.136. The normalized spacial score (nSPS) is 17.1. The van der Waals surface area contributed by atoms with Crippen LogP contribution in [-0.4, -0.2) is 44.3 Å². The molecule has 1 aliphatic rings. The second-order valence-corrected chi connectivity index (χ2v) is 9.15. The van der Waals surface area contributed by atoms with Crippen molar-refractivity contribution in [2.45, 2.75) is 38.1 Å². The van der Waals surface area contributed by atoms with Crippen molar-refractivity contribution in [3.8, 4) is 11.5 Å². The summed E-state index contributed by atoms with van der Waals surface area (Å²) < 4.78 is 21.5. The van der Waals surface area contributed by atoms with Gasteiger partial charge in [0, 0.05) is 12.8 Å². The molecule has 196 valence electrons. The Bertz CT molecular complexity index is 1410. The number of aromatic nitrogens is 4. The molecular weight excluding hydrogens is 532 g/mol. The summed E-state index contributed by atoms with van der Waals surface area (Å²) in [5.74, 6) is 1.42. The number of nitrogens with one attached hydrogen (secondary N) is 4. The zero-order valence-electron chi connectivity index (χ0n) is 19.8. The minimum Gasteiger partial charge on any atom is -0.484 e. The summed E-state index contributed by atoms with van der Waals surface area (Å²) in [6, 6.07) is 13.1. The van der Waals surface area contributed by atoms with Crippen LogP contribution in [0.25, 0.3) is 0 Å². The van der Waals surface area contributed by atoms with E-state index in [1.807, 2.05) is 24.3 Å². The predicted octanol–water partition coefficient (Wildman–Crippen LogP) is 2.70. The highest BCUT2D eigenvalue weighted by atomic mass is 32.1. The third-order valence-electron chi connectivity index (χ3n) is 5.68. The number of aromatic amines is 2. The van der Waals surface area contributed by atoms with Crippen LogP contribution in [0.1, 0.15) is 22.9 Å². The van der Waals surface area contributed by atoms with E-state index >= 15 is 0 Å². The van der Waals surface area contributed by atoms with Gasteiger partial charge in [-0.1, -0.05) is 24.3 Å². The number of ether oxygens (including phenoxy) is 2. The maximum atomic E-state index is 12.7. The minimum absolute atomic E-state index is 0.127. The number of carbonyl (C=O) groups excluding carboxylic acids is 2. The molecule has 5 rings (SSSR count). The van der Waals surface area contributed by atoms with Crippen LogP contribution in [0.5, 0.6) is 11.5 Å². The standard InChI is InChI=1S/C24H22N6O6S2/c31-21-17(9-13-1-5-15(6-2-13)33-11-19-27-29-23(37)35-19)25-22(32)18(26-21)10-14-3-7-16(8-4-14)34-12-20-28-30-24(38)36-20/h1-8,17-18H,9-12H2,(H,25,32)(H,26,31)(H,29,37)(H,30,38)/t17-,18-/m0/s1. The van der Waals surface area contributed by atoms with Crippen molar-refractivity contribution in [2.24, 2.45) is 0 Å². The highest BCUT2D eigenvalue weighted by Crippen LogP contribution is 2.18. The van der Waals surface area contributed by atoms with Gasteiger partial charge in [0.2, 0.25) is 11.8 Å². The predicted molar refractivity (Wildman–Crippen MR) is 136 cm³/mol. The van der Waals surface area contributed by atoms with E-state index in [0.717, 1.165) is 11.1 Å². The second kappa shape index (κ2) is 11.4. The van der Waals surface area contributed by atoms with Crippen LogP contribution in [0.15, 0.2) is 57.4 Å². The van der Waals surface area contributed by atoms with Crippen molar-refractivity contribution >= 4 is 36.3 Å². The smallest absolute Gasteiger partial charge is 0.284 e. The topological polar surface area (TPSA) is 160 Å². The summed E-state index contributed by atoms with van der Waals surface area (Å²) in [6.45, 7) is 0.254. The highest BCUT2D eigenvalue weighted by molar-refractivity contribution is 7.71. The molecule has 4 aromatic rings. The van der Waals surface area contributed by atoms with Gasteiger partial charge in [0.25, 0.3) is 21.5 Å². The quantitative estimate of drug-likeness (QED) is 0.215. The molecule has 0 radical (unpaired) electrons. The molecule has 3 heterocycles. The molecule has 1 aliphatic heterocycles. The Kier molecular flexibility index (Phi) is 7.60. The number of amides is 2. The average Bonchev–Trinajstić information content (AvgIpc) is 3.53. The van der Waals surface area contributed by atoms with E-state index < -0.39 is 12.1 Å². The lowest BCUT2D eigenvalue weighted by Crippen LogP contribution is -2.62. The van der Waals surface area contributed by atoms with Crippen LogP contribution >= 0.6 is 24.4 Å². The first-order valence-electron chi connectivity index (χ1n) is 11.5. The maximum Gasteiger partial charge on any atom is 0.284 e. The van der Waals surface area contributed by atoms with Gasteiger partial charge in [-0.2, -0.15) is 0 Å². The highest BCUT2D eigenvalue weighted by Gasteiger charge is 2.33. The average molecular weight is 555 g/mol. The van der Waals surface area contributed by atoms with Crippen LogP contribution in [0, 0.1) is 9.67 Å². The van der Waals surface area contributed by atoms with E-state index in [-0.39, 0.29) is 34.7 Å². The van der Waals surface area contributed by atoms with Crippen molar-refractivity contribution in [3.05, 3.63) is 81.1 Å². The summed E-state index contributed by atoms with van der Waals surface area (Å²) in [6.07, 6.45) is 0.694. The van der Waals surface area contributed by atoms with Gasteiger partial charge in [0.1, 0.15) is 23.6 Å². The van der Waals surface area contributed by atoms with Crippen LogP contribution in [-0.2, 0) is 35.6 Å². The van der Waals surface area contributed by atoms with Crippen molar-refractivity contribution < 1.29 is 27.9 Å². The van der Waals surface area contributed by atoms with Gasteiger partial charge in [0.05, 0.1) is 0 Å². The number of piperazine rings is 1. The Morgan fingerprint density at radius 1 is 0.684 bits per heavy atom. The number of carbonyl (C=O) groups is 2. The number of benzene rings is 2. The van der Waals surface area contributed by atoms with Crippen LogP contribution < -0.4 is 20.1 Å². The van der Waals surface area contributed by atoms with Gasteiger partial charge in [-0.15, -0.1) is 10.2 Å². The fourth-order valence-electron chi connectivity index (χ4n) is 3.81. The summed E-state index contributed by atoms with van der Waals surface area (Å²) in [7, 11) is 0. The van der Waals surface area contributed by atoms with Gasteiger partial charge in [0.15, 0.2) is 13.2 Å². The van der Waals surface area contributed by atoms with Crippen molar-refractivity contribution in [2.75, 3.05) is 0 Å². The lowest BCUT2D eigenvalue weighted by atomic mass is 9.98. The molecule has 0 aliphatic carbocycles. The third kappa shape index (κ3) is 6.52. The van der Waals surface area contributed by atoms with Crippen molar-refractivity contribution in [3.63, 3.8) is 0 Å². The van der Waals surface area contributed by atoms with E-state index in [4.69, 9.17) is 42.7 Å². The van der Waals surface area contributed by atoms with Gasteiger partial charge in [-0.05, 0) is 59.8 Å². The monoisotopic (exact) mass is 554 g/mol. The van der Waals surface area contributed by atoms with Crippen LogP contribution in [0.4, 0.5) is 0 Å². The molecule has 12 nitrogen and oxygen atoms in total. The second-order valence-electron chi connectivity index (χ2n) is 8.41. The Morgan fingerprint density at radius 2 is 1.08 bits per heavy atom. The zero-order valence-corrected chi connectivity index (χ0v) is 21.4. The van der Waals surface area contributed by atoms with Gasteiger partial charge < -0.3 is 28.9 Å². The summed E-state index contributed by atoms with van der Waals surface area (Å²) in [5, 5.41) is 18.5. The Balaban J connectivity index is 1.10. The minimum atomic E-state index is -0.669. The molecule has 38 heavy (non-hydrogen) atoms. The molecule has 14 heteroatoms. The number of hydrogen-bond donors (Lipinski definition) is 4. The fraction of sp³-hybridized carbons (Fsp3) is 0.250. The van der Waals surface area contributed by atoms with Gasteiger partial charge in [-0.25, -0.2) is 10.2 Å². The van der Waals surface area contributed by atoms with E-state index in [2.05, 4.69) is 31.0 Å². The molecule has 0 bridgehead atoms.